The van der Waals surface area contributed by atoms with Crippen molar-refractivity contribution < 1.29 is 0 Å². The molecule has 0 aromatic carbocycles. The fraction of sp³-hybridized carbons (Fsp3) is 0.615. The molecule has 3 heteroatoms. The lowest BCUT2D eigenvalue weighted by molar-refractivity contribution is 0.444. The van der Waals surface area contributed by atoms with E-state index in [4.69, 9.17) is 4.99 Å². The van der Waals surface area contributed by atoms with Gasteiger partial charge in [0.2, 0.25) is 0 Å². The number of nitrogens with zero attached hydrogens (tertiary/aromatic N) is 1. The number of hydrogen-bond acceptors (Lipinski definition) is 3. The first kappa shape index (κ1) is 12.2. The topological polar surface area (TPSA) is 12.4 Å². The van der Waals surface area contributed by atoms with E-state index >= 15 is 0 Å². The lowest BCUT2D eigenvalue weighted by Gasteiger charge is -2.16. The molecule has 16 heavy (non-hydrogen) atoms. The van der Waals surface area contributed by atoms with Crippen molar-refractivity contribution in [3.63, 3.8) is 0 Å². The summed E-state index contributed by atoms with van der Waals surface area (Å²) < 4.78 is 1.11. The first-order valence-electron chi connectivity index (χ1n) is 6.14. The van der Waals surface area contributed by atoms with Gasteiger partial charge in [-0.1, -0.05) is 26.2 Å². The zero-order valence-corrected chi connectivity index (χ0v) is 11.5. The molecule has 0 saturated heterocycles. The van der Waals surface area contributed by atoms with Gasteiger partial charge < -0.3 is 0 Å². The Balaban J connectivity index is 2.01. The maximum absolute atomic E-state index is 4.69. The molecule has 1 aliphatic carbocycles. The SMILES string of the molecule is CCc1cc(C=NC2CCCCC2)c(S)s1. The van der Waals surface area contributed by atoms with Gasteiger partial charge in [0.15, 0.2) is 0 Å². The third-order valence-corrected chi connectivity index (χ3v) is 4.77. The highest BCUT2D eigenvalue weighted by Crippen LogP contribution is 2.26. The van der Waals surface area contributed by atoms with Crippen LogP contribution in [0.15, 0.2) is 15.3 Å². The van der Waals surface area contributed by atoms with Crippen LogP contribution in [0, 0.1) is 0 Å². The van der Waals surface area contributed by atoms with Crippen molar-refractivity contribution in [3.05, 3.63) is 16.5 Å². The summed E-state index contributed by atoms with van der Waals surface area (Å²) in [7, 11) is 0. The Hall–Kier alpha value is -0.280. The number of thiophene rings is 1. The van der Waals surface area contributed by atoms with Crippen molar-refractivity contribution in [3.8, 4) is 0 Å². The summed E-state index contributed by atoms with van der Waals surface area (Å²) in [5.74, 6) is 0. The maximum atomic E-state index is 4.69. The Morgan fingerprint density at radius 3 is 2.81 bits per heavy atom. The third kappa shape index (κ3) is 3.11. The van der Waals surface area contributed by atoms with E-state index in [1.165, 1.54) is 42.5 Å². The van der Waals surface area contributed by atoms with Crippen LogP contribution in [-0.2, 0) is 6.42 Å². The highest BCUT2D eigenvalue weighted by atomic mass is 32.2. The zero-order valence-electron chi connectivity index (χ0n) is 9.78. The smallest absolute Gasteiger partial charge is 0.0658 e. The first-order chi connectivity index (χ1) is 7.79. The molecule has 0 bridgehead atoms. The Morgan fingerprint density at radius 2 is 2.19 bits per heavy atom. The standard InChI is InChI=1S/C13H19NS2/c1-2-12-8-10(13(15)16-12)9-14-11-6-4-3-5-7-11/h8-9,11,15H,2-7H2,1H3. The second kappa shape index (κ2) is 5.87. The molecule has 0 radical (unpaired) electrons. The summed E-state index contributed by atoms with van der Waals surface area (Å²) in [6.45, 7) is 2.18. The molecule has 88 valence electrons. The lowest BCUT2D eigenvalue weighted by Crippen LogP contribution is -2.09. The molecule has 1 aromatic heterocycles. The molecule has 1 fully saturated rings. The maximum Gasteiger partial charge on any atom is 0.0658 e. The predicted molar refractivity (Wildman–Crippen MR) is 75.4 cm³/mol. The summed E-state index contributed by atoms with van der Waals surface area (Å²) in [5, 5.41) is 0. The fourth-order valence-electron chi connectivity index (χ4n) is 2.13. The minimum absolute atomic E-state index is 0.562. The molecule has 1 aromatic rings. The second-order valence-electron chi connectivity index (χ2n) is 4.40. The Morgan fingerprint density at radius 1 is 1.44 bits per heavy atom. The van der Waals surface area contributed by atoms with Crippen LogP contribution in [0.3, 0.4) is 0 Å². The van der Waals surface area contributed by atoms with Crippen LogP contribution in [-0.4, -0.2) is 12.3 Å². The minimum atomic E-state index is 0.562. The predicted octanol–water partition coefficient (Wildman–Crippen LogP) is 4.35. The van der Waals surface area contributed by atoms with Crippen LogP contribution < -0.4 is 0 Å². The van der Waals surface area contributed by atoms with E-state index in [9.17, 15) is 0 Å². The molecule has 0 unspecified atom stereocenters. The van der Waals surface area contributed by atoms with Crippen LogP contribution in [0.25, 0.3) is 0 Å². The van der Waals surface area contributed by atoms with E-state index in [0.717, 1.165) is 10.6 Å². The summed E-state index contributed by atoms with van der Waals surface area (Å²) in [4.78, 5) is 6.09. The average Bonchev–Trinajstić information content (AvgIpc) is 2.69. The van der Waals surface area contributed by atoms with Gasteiger partial charge in [0.05, 0.1) is 4.21 Å². The van der Waals surface area contributed by atoms with Gasteiger partial charge >= 0.3 is 0 Å². The molecule has 0 N–H and O–H groups in total. The van der Waals surface area contributed by atoms with Crippen LogP contribution in [0.5, 0.6) is 0 Å². The molecule has 1 aliphatic rings. The van der Waals surface area contributed by atoms with E-state index in [1.807, 2.05) is 6.21 Å². The first-order valence-corrected chi connectivity index (χ1v) is 7.41. The molecule has 0 amide bonds. The highest BCUT2D eigenvalue weighted by molar-refractivity contribution is 7.83. The number of hydrogen-bond donors (Lipinski definition) is 1. The molecule has 1 heterocycles. The van der Waals surface area contributed by atoms with Gasteiger partial charge in [0.1, 0.15) is 0 Å². The largest absolute Gasteiger partial charge is 0.289 e. The minimum Gasteiger partial charge on any atom is -0.289 e. The number of thiol groups is 1. The fourth-order valence-corrected chi connectivity index (χ4v) is 3.41. The van der Waals surface area contributed by atoms with Gasteiger partial charge in [-0.3, -0.25) is 4.99 Å². The summed E-state index contributed by atoms with van der Waals surface area (Å²) in [6, 6.07) is 2.78. The van der Waals surface area contributed by atoms with Crippen LogP contribution in [0.1, 0.15) is 49.5 Å². The molecular formula is C13H19NS2. The van der Waals surface area contributed by atoms with Crippen LogP contribution in [0.2, 0.25) is 0 Å². The van der Waals surface area contributed by atoms with E-state index in [2.05, 4.69) is 25.6 Å². The van der Waals surface area contributed by atoms with Crippen molar-refractivity contribution in [2.24, 2.45) is 4.99 Å². The number of rotatable bonds is 3. The van der Waals surface area contributed by atoms with E-state index in [1.54, 1.807) is 11.3 Å². The average molecular weight is 253 g/mol. The second-order valence-corrected chi connectivity index (χ2v) is 6.28. The van der Waals surface area contributed by atoms with Crippen molar-refractivity contribution in [2.75, 3.05) is 0 Å². The molecule has 1 nitrogen and oxygen atoms in total. The molecule has 0 spiro atoms. The molecular weight excluding hydrogens is 234 g/mol. The zero-order chi connectivity index (χ0) is 11.4. The van der Waals surface area contributed by atoms with Gasteiger partial charge in [-0.05, 0) is 25.3 Å². The van der Waals surface area contributed by atoms with E-state index < -0.39 is 0 Å². The van der Waals surface area contributed by atoms with Crippen molar-refractivity contribution >= 4 is 30.2 Å². The highest BCUT2D eigenvalue weighted by Gasteiger charge is 2.11. The van der Waals surface area contributed by atoms with Crippen LogP contribution >= 0.6 is 24.0 Å². The van der Waals surface area contributed by atoms with Crippen molar-refractivity contribution in [1.82, 2.24) is 0 Å². The van der Waals surface area contributed by atoms with Gasteiger partial charge in [-0.15, -0.1) is 24.0 Å². The summed E-state index contributed by atoms with van der Waals surface area (Å²) in [6.07, 6.45) is 9.75. The Bertz CT molecular complexity index is 362. The Kier molecular flexibility index (Phi) is 4.47. The van der Waals surface area contributed by atoms with Gasteiger partial charge in [0, 0.05) is 22.7 Å². The summed E-state index contributed by atoms with van der Waals surface area (Å²) in [5.41, 5.74) is 1.20. The van der Waals surface area contributed by atoms with Crippen molar-refractivity contribution in [1.29, 1.82) is 0 Å². The lowest BCUT2D eigenvalue weighted by atomic mass is 9.96. The van der Waals surface area contributed by atoms with Gasteiger partial charge in [-0.25, -0.2) is 0 Å². The third-order valence-electron chi connectivity index (χ3n) is 3.14. The quantitative estimate of drug-likeness (QED) is 0.607. The molecule has 2 rings (SSSR count). The number of aliphatic imine (C=N–C) groups is 1. The molecule has 1 saturated carbocycles. The molecule has 0 atom stereocenters. The Labute approximate surface area is 107 Å². The van der Waals surface area contributed by atoms with Crippen LogP contribution in [0.4, 0.5) is 0 Å². The molecule has 0 aliphatic heterocycles. The number of aryl methyl sites for hydroxylation is 1. The summed E-state index contributed by atoms with van der Waals surface area (Å²) >= 11 is 6.27. The normalized spacial score (nSPS) is 18.4. The monoisotopic (exact) mass is 253 g/mol. The van der Waals surface area contributed by atoms with Gasteiger partial charge in [-0.2, -0.15) is 0 Å². The van der Waals surface area contributed by atoms with E-state index in [0.29, 0.717) is 6.04 Å². The van der Waals surface area contributed by atoms with Gasteiger partial charge in [0.25, 0.3) is 0 Å². The van der Waals surface area contributed by atoms with Crippen molar-refractivity contribution in [2.45, 2.75) is 55.7 Å². The van der Waals surface area contributed by atoms with E-state index in [-0.39, 0.29) is 0 Å².